The largest absolute Gasteiger partial charge is 0.496 e. The van der Waals surface area contributed by atoms with E-state index in [4.69, 9.17) is 4.74 Å². The number of hydrogen-bond donors (Lipinski definition) is 1. The number of likely N-dealkylation sites (N-methyl/N-ethyl adjacent to an activating group) is 1. The Kier molecular flexibility index (Phi) is 6.70. The molecule has 26 heavy (non-hydrogen) atoms. The lowest BCUT2D eigenvalue weighted by atomic mass is 10.2. The zero-order valence-corrected chi connectivity index (χ0v) is 17.7. The summed E-state index contributed by atoms with van der Waals surface area (Å²) in [6.07, 6.45) is 0.346. The highest BCUT2D eigenvalue weighted by atomic mass is 79.9. The maximum atomic E-state index is 12.8. The van der Waals surface area contributed by atoms with Crippen LogP contribution in [0.2, 0.25) is 0 Å². The number of sulfonamides is 1. The third-order valence-electron chi connectivity index (χ3n) is 4.03. The van der Waals surface area contributed by atoms with Gasteiger partial charge in [0.1, 0.15) is 5.75 Å². The van der Waals surface area contributed by atoms with Crippen LogP contribution in [0.15, 0.2) is 27.6 Å². The van der Waals surface area contributed by atoms with E-state index in [1.165, 1.54) is 25.3 Å². The number of carbonyl (C=O) groups excluding carboxylic acids is 1. The Labute approximate surface area is 162 Å². The van der Waals surface area contributed by atoms with Gasteiger partial charge in [-0.2, -0.15) is 4.31 Å². The second-order valence-corrected chi connectivity index (χ2v) is 10.9. The normalized spacial score (nSPS) is 19.5. The smallest absolute Gasteiger partial charge is 0.243 e. The van der Waals surface area contributed by atoms with Crippen molar-refractivity contribution in [1.82, 2.24) is 9.62 Å². The summed E-state index contributed by atoms with van der Waals surface area (Å²) in [6.45, 7) is 1.35. The lowest BCUT2D eigenvalue weighted by Crippen LogP contribution is -2.44. The number of sulfone groups is 1. The fourth-order valence-electron chi connectivity index (χ4n) is 2.67. The first kappa shape index (κ1) is 21.1. The standard InChI is InChI=1S/C15H21BrN2O6S2/c1-3-18(9-15(19)17-11-6-7-25(20,21)10-11)26(22,23)12-4-5-14(24-2)13(16)8-12/h4-5,8,11H,3,6-7,9-10H2,1-2H3,(H,17,19). The summed E-state index contributed by atoms with van der Waals surface area (Å²) in [4.78, 5) is 12.2. The van der Waals surface area contributed by atoms with Gasteiger partial charge in [0.15, 0.2) is 9.84 Å². The van der Waals surface area contributed by atoms with E-state index in [2.05, 4.69) is 21.2 Å². The van der Waals surface area contributed by atoms with Crippen LogP contribution in [0.5, 0.6) is 5.75 Å². The molecule has 1 unspecified atom stereocenters. The van der Waals surface area contributed by atoms with Crippen molar-refractivity contribution in [2.45, 2.75) is 24.3 Å². The maximum absolute atomic E-state index is 12.8. The van der Waals surface area contributed by atoms with Crippen molar-refractivity contribution in [2.24, 2.45) is 0 Å². The highest BCUT2D eigenvalue weighted by molar-refractivity contribution is 9.10. The van der Waals surface area contributed by atoms with Crippen LogP contribution in [-0.2, 0) is 24.7 Å². The number of benzene rings is 1. The number of rotatable bonds is 7. The molecule has 8 nitrogen and oxygen atoms in total. The van der Waals surface area contributed by atoms with Crippen molar-refractivity contribution < 1.29 is 26.4 Å². The second-order valence-electron chi connectivity index (χ2n) is 5.90. The SMILES string of the molecule is CCN(CC(=O)NC1CCS(=O)(=O)C1)S(=O)(=O)c1ccc(OC)c(Br)c1. The Balaban J connectivity index is 2.11. The number of methoxy groups -OCH3 is 1. The molecule has 1 N–H and O–H groups in total. The van der Waals surface area contributed by atoms with Crippen molar-refractivity contribution in [3.8, 4) is 5.75 Å². The number of carbonyl (C=O) groups is 1. The molecule has 146 valence electrons. The Morgan fingerprint density at radius 3 is 2.62 bits per heavy atom. The summed E-state index contributed by atoms with van der Waals surface area (Å²) < 4.78 is 55.1. The number of halogens is 1. The minimum absolute atomic E-state index is 0.0308. The average molecular weight is 469 g/mol. The van der Waals surface area contributed by atoms with Crippen LogP contribution >= 0.6 is 15.9 Å². The minimum atomic E-state index is -3.88. The molecule has 1 saturated heterocycles. The van der Waals surface area contributed by atoms with Gasteiger partial charge >= 0.3 is 0 Å². The number of ether oxygens (including phenoxy) is 1. The van der Waals surface area contributed by atoms with Crippen molar-refractivity contribution in [3.63, 3.8) is 0 Å². The van der Waals surface area contributed by atoms with E-state index in [1.54, 1.807) is 6.92 Å². The first-order chi connectivity index (χ1) is 12.1. The van der Waals surface area contributed by atoms with Crippen LogP contribution in [0.3, 0.4) is 0 Å². The van der Waals surface area contributed by atoms with E-state index in [0.717, 1.165) is 4.31 Å². The van der Waals surface area contributed by atoms with Gasteiger partial charge in [0.25, 0.3) is 0 Å². The molecule has 1 aromatic rings. The molecule has 1 aliphatic heterocycles. The third-order valence-corrected chi connectivity index (χ3v) is 8.34. The summed E-state index contributed by atoms with van der Waals surface area (Å²) in [5, 5.41) is 2.60. The van der Waals surface area contributed by atoms with Crippen molar-refractivity contribution in [1.29, 1.82) is 0 Å². The molecular formula is C15H21BrN2O6S2. The van der Waals surface area contributed by atoms with Gasteiger partial charge in [-0.3, -0.25) is 4.79 Å². The number of nitrogens with one attached hydrogen (secondary N) is 1. The lowest BCUT2D eigenvalue weighted by molar-refractivity contribution is -0.121. The topological polar surface area (TPSA) is 110 Å². The zero-order chi connectivity index (χ0) is 19.5. The van der Waals surface area contributed by atoms with Crippen LogP contribution < -0.4 is 10.1 Å². The molecule has 0 aromatic heterocycles. The molecular weight excluding hydrogens is 448 g/mol. The Bertz CT molecular complexity index is 885. The quantitative estimate of drug-likeness (QED) is 0.632. The molecule has 1 amide bonds. The molecule has 11 heteroatoms. The summed E-state index contributed by atoms with van der Waals surface area (Å²) in [5.74, 6) is -0.103. The van der Waals surface area contributed by atoms with Crippen molar-refractivity contribution >= 4 is 41.7 Å². The molecule has 1 aromatic carbocycles. The summed E-state index contributed by atoms with van der Waals surface area (Å²) in [5.41, 5.74) is 0. The molecule has 1 aliphatic rings. The number of hydrogen-bond acceptors (Lipinski definition) is 6. The van der Waals surface area contributed by atoms with E-state index < -0.39 is 31.8 Å². The second kappa shape index (κ2) is 8.24. The highest BCUT2D eigenvalue weighted by Gasteiger charge is 2.31. The summed E-state index contributed by atoms with van der Waals surface area (Å²) >= 11 is 3.25. The van der Waals surface area contributed by atoms with Gasteiger partial charge in [0, 0.05) is 12.6 Å². The van der Waals surface area contributed by atoms with Gasteiger partial charge < -0.3 is 10.1 Å². The van der Waals surface area contributed by atoms with Gasteiger partial charge in [-0.25, -0.2) is 16.8 Å². The van der Waals surface area contributed by atoms with Gasteiger partial charge in [0.05, 0.1) is 34.5 Å². The van der Waals surface area contributed by atoms with Gasteiger partial charge in [-0.1, -0.05) is 6.92 Å². The van der Waals surface area contributed by atoms with Crippen LogP contribution in [0.4, 0.5) is 0 Å². The number of nitrogens with zero attached hydrogens (tertiary/aromatic N) is 1. The van der Waals surface area contributed by atoms with E-state index in [9.17, 15) is 21.6 Å². The van der Waals surface area contributed by atoms with Gasteiger partial charge in [0.2, 0.25) is 15.9 Å². The average Bonchev–Trinajstić information content (AvgIpc) is 2.90. The fraction of sp³-hybridized carbons (Fsp3) is 0.533. The molecule has 1 heterocycles. The predicted molar refractivity (Wildman–Crippen MR) is 100 cm³/mol. The lowest BCUT2D eigenvalue weighted by Gasteiger charge is -2.21. The first-order valence-electron chi connectivity index (χ1n) is 7.92. The van der Waals surface area contributed by atoms with Gasteiger partial charge in [-0.05, 0) is 40.5 Å². The summed E-state index contributed by atoms with van der Waals surface area (Å²) in [6, 6.07) is 3.87. The zero-order valence-electron chi connectivity index (χ0n) is 14.4. The van der Waals surface area contributed by atoms with E-state index in [1.807, 2.05) is 0 Å². The van der Waals surface area contributed by atoms with Crippen LogP contribution in [0.25, 0.3) is 0 Å². The Morgan fingerprint density at radius 2 is 2.12 bits per heavy atom. The highest BCUT2D eigenvalue weighted by Crippen LogP contribution is 2.28. The Hall–Kier alpha value is -1.17. The minimum Gasteiger partial charge on any atom is -0.496 e. The molecule has 0 aliphatic carbocycles. The van der Waals surface area contributed by atoms with Crippen LogP contribution in [0.1, 0.15) is 13.3 Å². The predicted octanol–water partition coefficient (Wildman–Crippen LogP) is 0.772. The van der Waals surface area contributed by atoms with Crippen molar-refractivity contribution in [2.75, 3.05) is 31.7 Å². The maximum Gasteiger partial charge on any atom is 0.243 e. The fourth-order valence-corrected chi connectivity index (χ4v) is 6.46. The molecule has 1 fully saturated rings. The molecule has 1 atom stereocenters. The molecule has 0 spiro atoms. The van der Waals surface area contributed by atoms with Crippen molar-refractivity contribution in [3.05, 3.63) is 22.7 Å². The van der Waals surface area contributed by atoms with Crippen LogP contribution in [0, 0.1) is 0 Å². The molecule has 0 bridgehead atoms. The van der Waals surface area contributed by atoms with E-state index in [-0.39, 0.29) is 29.5 Å². The number of amides is 1. The van der Waals surface area contributed by atoms with Crippen LogP contribution in [-0.4, -0.2) is 64.8 Å². The van der Waals surface area contributed by atoms with Gasteiger partial charge in [-0.15, -0.1) is 0 Å². The third kappa shape index (κ3) is 4.96. The summed E-state index contributed by atoms with van der Waals surface area (Å²) in [7, 11) is -5.53. The van der Waals surface area contributed by atoms with E-state index in [0.29, 0.717) is 16.6 Å². The van der Waals surface area contributed by atoms with E-state index >= 15 is 0 Å². The monoisotopic (exact) mass is 468 g/mol. The Morgan fingerprint density at radius 1 is 1.42 bits per heavy atom. The molecule has 0 saturated carbocycles. The molecule has 2 rings (SSSR count). The molecule has 0 radical (unpaired) electrons. The first-order valence-corrected chi connectivity index (χ1v) is 12.0.